The predicted octanol–water partition coefficient (Wildman–Crippen LogP) is 2.86. The molecule has 1 amide bonds. The molecule has 0 radical (unpaired) electrons. The minimum atomic E-state index is -0.365. The van der Waals surface area contributed by atoms with Crippen LogP contribution in [-0.4, -0.2) is 34.2 Å². The van der Waals surface area contributed by atoms with Gasteiger partial charge >= 0.3 is 0 Å². The molecule has 0 saturated carbocycles. The zero-order chi connectivity index (χ0) is 18.0. The lowest BCUT2D eigenvalue weighted by atomic mass is 9.99. The second-order valence-electron chi connectivity index (χ2n) is 6.19. The van der Waals surface area contributed by atoms with Crippen molar-refractivity contribution >= 4 is 23.2 Å². The smallest absolute Gasteiger partial charge is 0.287 e. The Morgan fingerprint density at radius 1 is 1.28 bits per heavy atom. The molecule has 0 aliphatic carbocycles. The summed E-state index contributed by atoms with van der Waals surface area (Å²) >= 11 is 6.08. The van der Waals surface area contributed by atoms with Crippen LogP contribution in [0, 0.1) is 0 Å². The van der Waals surface area contributed by atoms with Gasteiger partial charge in [-0.05, 0) is 18.9 Å². The highest BCUT2D eigenvalue weighted by molar-refractivity contribution is 6.32. The molecule has 0 bridgehead atoms. The Kier molecular flexibility index (Phi) is 5.08. The van der Waals surface area contributed by atoms with Crippen molar-refractivity contribution in [1.82, 2.24) is 14.7 Å². The molecule has 2 unspecified atom stereocenters. The van der Waals surface area contributed by atoms with Crippen molar-refractivity contribution in [2.45, 2.75) is 31.8 Å². The van der Waals surface area contributed by atoms with Crippen molar-refractivity contribution in [2.75, 3.05) is 18.9 Å². The number of likely N-dealkylation sites (tertiary alicyclic amines) is 1. The first-order chi connectivity index (χ1) is 12.0. The Morgan fingerprint density at radius 2 is 2.00 bits per heavy atom. The van der Waals surface area contributed by atoms with Gasteiger partial charge < -0.3 is 10.2 Å². The minimum absolute atomic E-state index is 0.00888. The van der Waals surface area contributed by atoms with Crippen molar-refractivity contribution < 1.29 is 4.79 Å². The molecule has 1 aliphatic heterocycles. The molecule has 2 heterocycles. The van der Waals surface area contributed by atoms with E-state index in [1.54, 1.807) is 7.05 Å². The maximum absolute atomic E-state index is 12.6. The van der Waals surface area contributed by atoms with Gasteiger partial charge in [0, 0.05) is 20.0 Å². The highest BCUT2D eigenvalue weighted by Crippen LogP contribution is 2.29. The Morgan fingerprint density at radius 3 is 2.64 bits per heavy atom. The van der Waals surface area contributed by atoms with E-state index in [4.69, 9.17) is 11.6 Å². The largest absolute Gasteiger partial charge is 0.385 e. The summed E-state index contributed by atoms with van der Waals surface area (Å²) in [6.45, 7) is 2.61. The first kappa shape index (κ1) is 17.5. The molecule has 1 saturated heterocycles. The normalized spacial score (nSPS) is 18.9. The van der Waals surface area contributed by atoms with Gasteiger partial charge in [-0.15, -0.1) is 0 Å². The molecule has 2 aromatic rings. The summed E-state index contributed by atoms with van der Waals surface area (Å²) in [6.07, 6.45) is 2.44. The van der Waals surface area contributed by atoms with Crippen LogP contribution < -0.4 is 10.9 Å². The molecule has 1 aromatic carbocycles. The molecule has 7 heteroatoms. The van der Waals surface area contributed by atoms with Crippen LogP contribution in [0.1, 0.15) is 37.4 Å². The van der Waals surface area contributed by atoms with Crippen molar-refractivity contribution in [1.29, 1.82) is 0 Å². The number of benzene rings is 1. The van der Waals surface area contributed by atoms with Gasteiger partial charge in [0.1, 0.15) is 5.02 Å². The molecule has 6 nitrogen and oxygen atoms in total. The third-order valence-electron chi connectivity index (χ3n) is 4.74. The number of carbonyl (C=O) groups excluding carboxylic acids is 1. The molecule has 1 fully saturated rings. The number of nitrogens with one attached hydrogen (secondary N) is 1. The maximum Gasteiger partial charge on any atom is 0.287 e. The number of carbonyl (C=O) groups is 1. The summed E-state index contributed by atoms with van der Waals surface area (Å²) in [5.41, 5.74) is 1.23. The fraction of sp³-hybridized carbons (Fsp3) is 0.389. The average Bonchev–Trinajstić information content (AvgIpc) is 2.64. The van der Waals surface area contributed by atoms with Crippen LogP contribution in [0.5, 0.6) is 0 Å². The summed E-state index contributed by atoms with van der Waals surface area (Å²) in [7, 11) is 1.68. The van der Waals surface area contributed by atoms with Gasteiger partial charge in [0.25, 0.3) is 5.56 Å². The van der Waals surface area contributed by atoms with Crippen LogP contribution in [0.3, 0.4) is 0 Å². The van der Waals surface area contributed by atoms with Crippen molar-refractivity contribution in [3.05, 3.63) is 57.5 Å². The number of aromatic nitrogens is 2. The van der Waals surface area contributed by atoms with Crippen LogP contribution >= 0.6 is 11.6 Å². The Bertz CT molecular complexity index is 822. The van der Waals surface area contributed by atoms with E-state index in [9.17, 15) is 9.59 Å². The molecule has 0 spiro atoms. The quantitative estimate of drug-likeness (QED) is 0.910. The standard InChI is InChI=1S/C18H21ClN4O2/c1-12(13-6-4-3-5-7-13)22-9-8-14(10-16(22)24)23-18(25)17(19)15(20-2)11-21-23/h3-7,11-12,14,20H,8-10H2,1-2H3. The number of rotatable bonds is 4. The number of hydrogen-bond donors (Lipinski definition) is 1. The van der Waals surface area contributed by atoms with Gasteiger partial charge in [0.15, 0.2) is 0 Å². The van der Waals surface area contributed by atoms with E-state index in [1.807, 2.05) is 42.2 Å². The molecular formula is C18H21ClN4O2. The lowest BCUT2D eigenvalue weighted by molar-refractivity contribution is -0.137. The number of hydrogen-bond acceptors (Lipinski definition) is 4. The number of nitrogens with zero attached hydrogens (tertiary/aromatic N) is 3. The summed E-state index contributed by atoms with van der Waals surface area (Å²) < 4.78 is 1.34. The van der Waals surface area contributed by atoms with Crippen molar-refractivity contribution in [3.8, 4) is 0 Å². The Balaban J connectivity index is 1.77. The number of anilines is 1. The molecule has 132 valence electrons. The number of halogens is 1. The molecule has 2 atom stereocenters. The lowest BCUT2D eigenvalue weighted by Gasteiger charge is -2.36. The predicted molar refractivity (Wildman–Crippen MR) is 97.9 cm³/mol. The Labute approximate surface area is 151 Å². The number of amides is 1. The fourth-order valence-corrected chi connectivity index (χ4v) is 3.47. The van der Waals surface area contributed by atoms with E-state index in [2.05, 4.69) is 10.4 Å². The summed E-state index contributed by atoms with van der Waals surface area (Å²) in [5, 5.41) is 7.12. The molecule has 1 N–H and O–H groups in total. The van der Waals surface area contributed by atoms with Crippen LogP contribution in [0.25, 0.3) is 0 Å². The average molecular weight is 361 g/mol. The van der Waals surface area contributed by atoms with Gasteiger partial charge in [0.2, 0.25) is 5.91 Å². The molecule has 3 rings (SSSR count). The maximum atomic E-state index is 12.6. The first-order valence-corrected chi connectivity index (χ1v) is 8.70. The lowest BCUT2D eigenvalue weighted by Crippen LogP contribution is -2.43. The highest BCUT2D eigenvalue weighted by Gasteiger charge is 2.31. The number of piperidine rings is 1. The van der Waals surface area contributed by atoms with Crippen LogP contribution in [0.15, 0.2) is 41.3 Å². The van der Waals surface area contributed by atoms with Gasteiger partial charge in [-0.1, -0.05) is 41.9 Å². The molecule has 25 heavy (non-hydrogen) atoms. The van der Waals surface area contributed by atoms with E-state index in [0.717, 1.165) is 5.56 Å². The summed E-state index contributed by atoms with van der Waals surface area (Å²) in [4.78, 5) is 26.9. The molecule has 1 aromatic heterocycles. The van der Waals surface area contributed by atoms with E-state index in [1.165, 1.54) is 10.9 Å². The third kappa shape index (κ3) is 3.39. The third-order valence-corrected chi connectivity index (χ3v) is 5.11. The summed E-state index contributed by atoms with van der Waals surface area (Å²) in [5.74, 6) is 0.0233. The van der Waals surface area contributed by atoms with Crippen molar-refractivity contribution in [3.63, 3.8) is 0 Å². The Hall–Kier alpha value is -2.34. The van der Waals surface area contributed by atoms with Crippen LogP contribution in [0.4, 0.5) is 5.69 Å². The topological polar surface area (TPSA) is 67.2 Å². The van der Waals surface area contributed by atoms with E-state index in [0.29, 0.717) is 18.7 Å². The van der Waals surface area contributed by atoms with E-state index >= 15 is 0 Å². The molecular weight excluding hydrogens is 340 g/mol. The minimum Gasteiger partial charge on any atom is -0.385 e. The highest BCUT2D eigenvalue weighted by atomic mass is 35.5. The second-order valence-corrected chi connectivity index (χ2v) is 6.57. The fourth-order valence-electron chi connectivity index (χ4n) is 3.24. The van der Waals surface area contributed by atoms with Crippen molar-refractivity contribution in [2.24, 2.45) is 0 Å². The zero-order valence-electron chi connectivity index (χ0n) is 14.3. The van der Waals surface area contributed by atoms with Crippen LogP contribution in [0.2, 0.25) is 5.02 Å². The van der Waals surface area contributed by atoms with Gasteiger partial charge in [-0.25, -0.2) is 4.68 Å². The SMILES string of the molecule is CNc1cnn(C2CCN(C(C)c3ccccc3)C(=O)C2)c(=O)c1Cl. The summed E-state index contributed by atoms with van der Waals surface area (Å²) in [6, 6.07) is 9.69. The first-order valence-electron chi connectivity index (χ1n) is 8.32. The van der Waals surface area contributed by atoms with E-state index in [-0.39, 0.29) is 35.0 Å². The van der Waals surface area contributed by atoms with Gasteiger partial charge in [0.05, 0.1) is 24.0 Å². The second kappa shape index (κ2) is 7.27. The zero-order valence-corrected chi connectivity index (χ0v) is 15.0. The van der Waals surface area contributed by atoms with Gasteiger partial charge in [-0.2, -0.15) is 5.10 Å². The van der Waals surface area contributed by atoms with E-state index < -0.39 is 0 Å². The van der Waals surface area contributed by atoms with Crippen LogP contribution in [-0.2, 0) is 4.79 Å². The molecule has 1 aliphatic rings. The monoisotopic (exact) mass is 360 g/mol. The van der Waals surface area contributed by atoms with Gasteiger partial charge in [-0.3, -0.25) is 9.59 Å².